The SMILES string of the molecule is CC1(C)c2ccccc2-c2ccc(-c3ccc(-c4ccc5c(c4)C(C)(C)c4ccccc4-5)c4nc(-c5ccc(N(c6ccccc6)c6ccccc6)cc5)c(-c5ccccc5)nc34)cc21. The average Bonchev–Trinajstić information content (AvgIpc) is 3.73. The molecule has 0 N–H and O–H groups in total. The highest BCUT2D eigenvalue weighted by molar-refractivity contribution is 6.04. The van der Waals surface area contributed by atoms with E-state index in [0.29, 0.717) is 0 Å². The zero-order valence-electron chi connectivity index (χ0n) is 37.0. The fourth-order valence-corrected chi connectivity index (χ4v) is 10.7. The molecule has 0 radical (unpaired) electrons. The molecular weight excluding hydrogens is 787 g/mol. The standard InChI is InChI=1S/C62H47N3/c1-61(2)53-26-16-14-24-49(53)51-34-30-42(38-55(51)61)47-36-37-48(43-31-35-52-50-25-15-17-27-54(50)62(3,4)56(52)39-43)60-59(47)63-57(40-18-8-5-9-19-40)58(64-60)41-28-32-46(33-29-41)65(44-20-10-6-11-21-44)45-22-12-7-13-23-45/h5-39H,1-4H3. The fourth-order valence-electron chi connectivity index (χ4n) is 10.7. The first kappa shape index (κ1) is 38.8. The number of nitrogens with zero attached hydrogens (tertiary/aromatic N) is 3. The van der Waals surface area contributed by atoms with E-state index >= 15 is 0 Å². The number of rotatable bonds is 7. The van der Waals surface area contributed by atoms with Gasteiger partial charge in [-0.3, -0.25) is 0 Å². The van der Waals surface area contributed by atoms with Gasteiger partial charge in [0.25, 0.3) is 0 Å². The Hall–Kier alpha value is -7.88. The summed E-state index contributed by atoms with van der Waals surface area (Å²) < 4.78 is 0. The summed E-state index contributed by atoms with van der Waals surface area (Å²) in [5.41, 5.74) is 23.5. The summed E-state index contributed by atoms with van der Waals surface area (Å²) in [6, 6.07) is 76.7. The molecule has 0 amide bonds. The molecule has 0 atom stereocenters. The lowest BCUT2D eigenvalue weighted by atomic mass is 9.81. The third-order valence-corrected chi connectivity index (χ3v) is 14.1. The van der Waals surface area contributed by atoms with Crippen LogP contribution in [0.1, 0.15) is 49.9 Å². The summed E-state index contributed by atoms with van der Waals surface area (Å²) in [6.07, 6.45) is 0. The van der Waals surface area contributed by atoms with Crippen molar-refractivity contribution in [1.82, 2.24) is 9.97 Å². The van der Waals surface area contributed by atoms with Crippen molar-refractivity contribution in [1.29, 1.82) is 0 Å². The molecule has 0 fully saturated rings. The van der Waals surface area contributed by atoms with Crippen LogP contribution in [-0.2, 0) is 10.8 Å². The maximum Gasteiger partial charge on any atom is 0.0979 e. The lowest BCUT2D eigenvalue weighted by molar-refractivity contribution is 0.660. The Kier molecular flexibility index (Phi) is 8.86. The number of anilines is 3. The van der Waals surface area contributed by atoms with E-state index in [1.807, 2.05) is 0 Å². The zero-order chi connectivity index (χ0) is 43.9. The van der Waals surface area contributed by atoms with Crippen molar-refractivity contribution < 1.29 is 0 Å². The molecule has 2 aliphatic carbocycles. The van der Waals surface area contributed by atoms with Gasteiger partial charge < -0.3 is 4.90 Å². The number of benzene rings is 9. The van der Waals surface area contributed by atoms with E-state index in [-0.39, 0.29) is 10.8 Å². The molecule has 0 bridgehead atoms. The third kappa shape index (κ3) is 6.18. The minimum atomic E-state index is -0.140. The van der Waals surface area contributed by atoms with E-state index in [4.69, 9.17) is 9.97 Å². The Morgan fingerprint density at radius 2 is 0.631 bits per heavy atom. The quantitative estimate of drug-likeness (QED) is 0.160. The number of aromatic nitrogens is 2. The van der Waals surface area contributed by atoms with Crippen LogP contribution in [0.2, 0.25) is 0 Å². The summed E-state index contributed by atoms with van der Waals surface area (Å²) in [7, 11) is 0. The number of fused-ring (bicyclic) bond motifs is 7. The molecule has 65 heavy (non-hydrogen) atoms. The first-order chi connectivity index (χ1) is 31.8. The third-order valence-electron chi connectivity index (χ3n) is 14.1. The van der Waals surface area contributed by atoms with Gasteiger partial charge in [-0.05, 0) is 104 Å². The van der Waals surface area contributed by atoms with Gasteiger partial charge in [0.05, 0.1) is 22.4 Å². The molecule has 0 saturated carbocycles. The maximum absolute atomic E-state index is 5.80. The number of para-hydroxylation sites is 2. The van der Waals surface area contributed by atoms with Gasteiger partial charge >= 0.3 is 0 Å². The van der Waals surface area contributed by atoms with Gasteiger partial charge in [-0.15, -0.1) is 0 Å². The van der Waals surface area contributed by atoms with E-state index in [9.17, 15) is 0 Å². The second-order valence-corrected chi connectivity index (χ2v) is 18.6. The van der Waals surface area contributed by atoms with Crippen LogP contribution >= 0.6 is 0 Å². The fraction of sp³-hybridized carbons (Fsp3) is 0.0968. The lowest BCUT2D eigenvalue weighted by Crippen LogP contribution is -2.15. The van der Waals surface area contributed by atoms with Gasteiger partial charge in [0.2, 0.25) is 0 Å². The Labute approximate surface area is 381 Å². The predicted molar refractivity (Wildman–Crippen MR) is 271 cm³/mol. The highest BCUT2D eigenvalue weighted by Gasteiger charge is 2.37. The Morgan fingerprint density at radius 3 is 1.09 bits per heavy atom. The highest BCUT2D eigenvalue weighted by Crippen LogP contribution is 2.52. The molecule has 0 aliphatic heterocycles. The molecule has 2 aliphatic rings. The average molecular weight is 834 g/mol. The second kappa shape index (κ2) is 14.9. The summed E-state index contributed by atoms with van der Waals surface area (Å²) in [5, 5.41) is 0. The van der Waals surface area contributed by atoms with Crippen LogP contribution in [0.25, 0.3) is 78.1 Å². The Balaban J connectivity index is 1.08. The van der Waals surface area contributed by atoms with Gasteiger partial charge in [0, 0.05) is 50.1 Å². The number of hydrogen-bond acceptors (Lipinski definition) is 3. The highest BCUT2D eigenvalue weighted by atomic mass is 15.1. The van der Waals surface area contributed by atoms with Crippen molar-refractivity contribution in [2.75, 3.05) is 4.90 Å². The van der Waals surface area contributed by atoms with E-state index in [1.165, 1.54) is 44.5 Å². The molecule has 3 heteroatoms. The van der Waals surface area contributed by atoms with Crippen LogP contribution in [0.3, 0.4) is 0 Å². The summed E-state index contributed by atoms with van der Waals surface area (Å²) in [5.74, 6) is 0. The molecule has 12 rings (SSSR count). The smallest absolute Gasteiger partial charge is 0.0979 e. The number of hydrogen-bond donors (Lipinski definition) is 0. The molecule has 0 spiro atoms. The molecule has 3 nitrogen and oxygen atoms in total. The Morgan fingerprint density at radius 1 is 0.292 bits per heavy atom. The summed E-state index contributed by atoms with van der Waals surface area (Å²) in [6.45, 7) is 9.39. The lowest BCUT2D eigenvalue weighted by Gasteiger charge is -2.25. The van der Waals surface area contributed by atoms with Crippen molar-refractivity contribution in [3.63, 3.8) is 0 Å². The monoisotopic (exact) mass is 833 g/mol. The first-order valence-electron chi connectivity index (χ1n) is 22.7. The normalized spacial score (nSPS) is 13.8. The maximum atomic E-state index is 5.80. The molecule has 1 aromatic heterocycles. The van der Waals surface area contributed by atoms with Crippen LogP contribution in [-0.4, -0.2) is 9.97 Å². The van der Waals surface area contributed by atoms with Crippen LogP contribution in [0.4, 0.5) is 17.1 Å². The molecule has 9 aromatic carbocycles. The van der Waals surface area contributed by atoms with E-state index in [1.54, 1.807) is 0 Å². The minimum Gasteiger partial charge on any atom is -0.311 e. The molecular formula is C62H47N3. The van der Waals surface area contributed by atoms with Gasteiger partial charge in [-0.1, -0.05) is 191 Å². The minimum absolute atomic E-state index is 0.136. The van der Waals surface area contributed by atoms with Crippen LogP contribution < -0.4 is 4.90 Å². The van der Waals surface area contributed by atoms with Crippen LogP contribution in [0.15, 0.2) is 212 Å². The molecule has 1 heterocycles. The van der Waals surface area contributed by atoms with E-state index in [2.05, 4.69) is 245 Å². The van der Waals surface area contributed by atoms with Gasteiger partial charge in [-0.2, -0.15) is 0 Å². The van der Waals surface area contributed by atoms with Crippen molar-refractivity contribution in [3.05, 3.63) is 235 Å². The van der Waals surface area contributed by atoms with Crippen LogP contribution in [0, 0.1) is 0 Å². The van der Waals surface area contributed by atoms with Crippen molar-refractivity contribution in [2.45, 2.75) is 38.5 Å². The Bertz CT molecular complexity index is 3420. The molecule has 0 saturated heterocycles. The van der Waals surface area contributed by atoms with Gasteiger partial charge in [0.1, 0.15) is 0 Å². The molecule has 310 valence electrons. The van der Waals surface area contributed by atoms with Gasteiger partial charge in [0.15, 0.2) is 0 Å². The van der Waals surface area contributed by atoms with Crippen molar-refractivity contribution >= 4 is 28.1 Å². The van der Waals surface area contributed by atoms with Crippen molar-refractivity contribution in [3.8, 4) is 67.0 Å². The van der Waals surface area contributed by atoms with Crippen LogP contribution in [0.5, 0.6) is 0 Å². The van der Waals surface area contributed by atoms with Gasteiger partial charge in [-0.25, -0.2) is 9.97 Å². The molecule has 10 aromatic rings. The zero-order valence-corrected chi connectivity index (χ0v) is 37.0. The largest absolute Gasteiger partial charge is 0.311 e. The molecule has 0 unspecified atom stereocenters. The summed E-state index contributed by atoms with van der Waals surface area (Å²) in [4.78, 5) is 13.9. The second-order valence-electron chi connectivity index (χ2n) is 18.6. The first-order valence-corrected chi connectivity index (χ1v) is 22.7. The van der Waals surface area contributed by atoms with Crippen molar-refractivity contribution in [2.24, 2.45) is 0 Å². The van der Waals surface area contributed by atoms with E-state index < -0.39 is 0 Å². The predicted octanol–water partition coefficient (Wildman–Crippen LogP) is 16.4. The topological polar surface area (TPSA) is 29.0 Å². The summed E-state index contributed by atoms with van der Waals surface area (Å²) >= 11 is 0. The van der Waals surface area contributed by atoms with E-state index in [0.717, 1.165) is 72.9 Å².